The molecule has 0 amide bonds. The van der Waals surface area contributed by atoms with Crippen LogP contribution >= 0.6 is 0 Å². The molecule has 0 saturated heterocycles. The van der Waals surface area contributed by atoms with Gasteiger partial charge in [-0.3, -0.25) is 4.98 Å². The summed E-state index contributed by atoms with van der Waals surface area (Å²) in [6.07, 6.45) is 1.63. The molecule has 3 rings (SSSR count). The van der Waals surface area contributed by atoms with Crippen LogP contribution in [0.25, 0.3) is 10.9 Å². The number of aromatic nitrogens is 1. The van der Waals surface area contributed by atoms with Crippen LogP contribution in [0.1, 0.15) is 10.4 Å². The van der Waals surface area contributed by atoms with Gasteiger partial charge in [-0.25, -0.2) is 4.79 Å². The number of nitrogens with two attached hydrogens (primary N) is 1. The van der Waals surface area contributed by atoms with Crippen molar-refractivity contribution in [1.82, 2.24) is 4.98 Å². The number of pyridine rings is 1. The van der Waals surface area contributed by atoms with Crippen molar-refractivity contribution in [3.8, 4) is 17.2 Å². The molecule has 0 fully saturated rings. The van der Waals surface area contributed by atoms with E-state index in [0.717, 1.165) is 0 Å². The van der Waals surface area contributed by atoms with Crippen molar-refractivity contribution in [2.24, 2.45) is 0 Å². The molecule has 0 aliphatic rings. The zero-order chi connectivity index (χ0) is 17.1. The van der Waals surface area contributed by atoms with E-state index in [1.165, 1.54) is 14.2 Å². The molecule has 6 heteroatoms. The lowest BCUT2D eigenvalue weighted by Crippen LogP contribution is -2.04. The standard InChI is InChI=1S/C18H16N2O4/c1-22-17-10-15-13(9-14(17)18(21)23-2)16(7-8-20-15)24-12-5-3-11(19)4-6-12/h3-10H,19H2,1-2H3. The fraction of sp³-hybridized carbons (Fsp3) is 0.111. The first kappa shape index (κ1) is 15.6. The summed E-state index contributed by atoms with van der Waals surface area (Å²) >= 11 is 0. The Morgan fingerprint density at radius 1 is 1.04 bits per heavy atom. The average molecular weight is 324 g/mol. The molecule has 2 N–H and O–H groups in total. The van der Waals surface area contributed by atoms with E-state index in [2.05, 4.69) is 4.98 Å². The predicted octanol–water partition coefficient (Wildman–Crippen LogP) is 3.40. The molecule has 1 aromatic heterocycles. The highest BCUT2D eigenvalue weighted by atomic mass is 16.5. The number of carbonyl (C=O) groups is 1. The summed E-state index contributed by atoms with van der Waals surface area (Å²) in [4.78, 5) is 16.3. The fourth-order valence-corrected chi connectivity index (χ4v) is 2.34. The summed E-state index contributed by atoms with van der Waals surface area (Å²) in [5, 5.41) is 0.676. The van der Waals surface area contributed by atoms with Gasteiger partial charge in [0, 0.05) is 23.3 Å². The van der Waals surface area contributed by atoms with Gasteiger partial charge < -0.3 is 19.9 Å². The Morgan fingerprint density at radius 2 is 1.79 bits per heavy atom. The van der Waals surface area contributed by atoms with Gasteiger partial charge in [0.15, 0.2) is 0 Å². The van der Waals surface area contributed by atoms with Crippen molar-refractivity contribution >= 4 is 22.6 Å². The largest absolute Gasteiger partial charge is 0.496 e. The van der Waals surface area contributed by atoms with Gasteiger partial charge in [0.05, 0.1) is 19.7 Å². The maximum absolute atomic E-state index is 12.0. The van der Waals surface area contributed by atoms with Gasteiger partial charge in [0.2, 0.25) is 0 Å². The second-order valence-electron chi connectivity index (χ2n) is 5.04. The smallest absolute Gasteiger partial charge is 0.341 e. The summed E-state index contributed by atoms with van der Waals surface area (Å²) in [6, 6.07) is 12.1. The van der Waals surface area contributed by atoms with E-state index in [1.807, 2.05) is 0 Å². The number of nitrogens with zero attached hydrogens (tertiary/aromatic N) is 1. The van der Waals surface area contributed by atoms with E-state index < -0.39 is 5.97 Å². The number of methoxy groups -OCH3 is 2. The SMILES string of the molecule is COC(=O)c1cc2c(Oc3ccc(N)cc3)ccnc2cc1OC. The van der Waals surface area contributed by atoms with Crippen molar-refractivity contribution in [3.05, 3.63) is 54.2 Å². The first-order valence-electron chi connectivity index (χ1n) is 7.21. The minimum atomic E-state index is -0.490. The monoisotopic (exact) mass is 324 g/mol. The number of fused-ring (bicyclic) bond motifs is 1. The van der Waals surface area contributed by atoms with Crippen LogP contribution in [0.4, 0.5) is 5.69 Å². The first-order chi connectivity index (χ1) is 11.6. The van der Waals surface area contributed by atoms with Gasteiger partial charge in [0.25, 0.3) is 0 Å². The second-order valence-corrected chi connectivity index (χ2v) is 5.04. The predicted molar refractivity (Wildman–Crippen MR) is 90.6 cm³/mol. The van der Waals surface area contributed by atoms with Crippen LogP contribution < -0.4 is 15.2 Å². The lowest BCUT2D eigenvalue weighted by atomic mass is 10.1. The van der Waals surface area contributed by atoms with Crippen LogP contribution in [0.5, 0.6) is 17.2 Å². The molecule has 0 saturated carbocycles. The zero-order valence-corrected chi connectivity index (χ0v) is 13.3. The third kappa shape index (κ3) is 2.94. The van der Waals surface area contributed by atoms with Gasteiger partial charge >= 0.3 is 5.97 Å². The van der Waals surface area contributed by atoms with Crippen LogP contribution in [0.15, 0.2) is 48.7 Å². The molecular weight excluding hydrogens is 308 g/mol. The molecule has 0 aliphatic carbocycles. The lowest BCUT2D eigenvalue weighted by Gasteiger charge is -2.12. The molecular formula is C18H16N2O4. The van der Waals surface area contributed by atoms with Crippen LogP contribution in [0, 0.1) is 0 Å². The third-order valence-electron chi connectivity index (χ3n) is 3.54. The molecule has 6 nitrogen and oxygen atoms in total. The van der Waals surface area contributed by atoms with Crippen molar-refractivity contribution in [3.63, 3.8) is 0 Å². The number of hydrogen-bond donors (Lipinski definition) is 1. The fourth-order valence-electron chi connectivity index (χ4n) is 2.34. The van der Waals surface area contributed by atoms with Crippen molar-refractivity contribution < 1.29 is 19.0 Å². The molecule has 24 heavy (non-hydrogen) atoms. The second kappa shape index (κ2) is 6.45. The molecule has 0 bridgehead atoms. The summed E-state index contributed by atoms with van der Waals surface area (Å²) in [5.41, 5.74) is 7.29. The van der Waals surface area contributed by atoms with E-state index >= 15 is 0 Å². The number of anilines is 1. The number of benzene rings is 2. The molecule has 0 spiro atoms. The average Bonchev–Trinajstić information content (AvgIpc) is 2.62. The summed E-state index contributed by atoms with van der Waals surface area (Å²) in [6.45, 7) is 0. The number of hydrogen-bond acceptors (Lipinski definition) is 6. The summed E-state index contributed by atoms with van der Waals surface area (Å²) in [7, 11) is 2.81. The van der Waals surface area contributed by atoms with Crippen LogP contribution in [-0.2, 0) is 4.74 Å². The quantitative estimate of drug-likeness (QED) is 0.585. The third-order valence-corrected chi connectivity index (χ3v) is 3.54. The topological polar surface area (TPSA) is 83.7 Å². The Bertz CT molecular complexity index is 891. The molecule has 122 valence electrons. The molecule has 3 aromatic rings. The van der Waals surface area contributed by atoms with Crippen molar-refractivity contribution in [2.45, 2.75) is 0 Å². The van der Waals surface area contributed by atoms with E-state index in [-0.39, 0.29) is 0 Å². The van der Waals surface area contributed by atoms with Crippen molar-refractivity contribution in [1.29, 1.82) is 0 Å². The van der Waals surface area contributed by atoms with E-state index in [1.54, 1.807) is 48.7 Å². The van der Waals surface area contributed by atoms with Gasteiger partial charge in [0.1, 0.15) is 22.8 Å². The Kier molecular flexibility index (Phi) is 4.20. The highest BCUT2D eigenvalue weighted by molar-refractivity contribution is 5.99. The van der Waals surface area contributed by atoms with Gasteiger partial charge in [-0.05, 0) is 36.4 Å². The lowest BCUT2D eigenvalue weighted by molar-refractivity contribution is 0.0597. The Labute approximate surface area is 138 Å². The number of ether oxygens (including phenoxy) is 3. The normalized spacial score (nSPS) is 10.4. The molecule has 0 atom stereocenters. The summed E-state index contributed by atoms with van der Waals surface area (Å²) in [5.74, 6) is 1.10. The van der Waals surface area contributed by atoms with Gasteiger partial charge in [-0.15, -0.1) is 0 Å². The number of nitrogen functional groups attached to an aromatic ring is 1. The van der Waals surface area contributed by atoms with Crippen LogP contribution in [0.3, 0.4) is 0 Å². The van der Waals surface area contributed by atoms with Gasteiger partial charge in [-0.2, -0.15) is 0 Å². The first-order valence-corrected chi connectivity index (χ1v) is 7.21. The van der Waals surface area contributed by atoms with Crippen molar-refractivity contribution in [2.75, 3.05) is 20.0 Å². The maximum atomic E-state index is 12.0. The van der Waals surface area contributed by atoms with Crippen LogP contribution in [0.2, 0.25) is 0 Å². The van der Waals surface area contributed by atoms with E-state index in [9.17, 15) is 4.79 Å². The molecule has 2 aromatic carbocycles. The highest BCUT2D eigenvalue weighted by Crippen LogP contribution is 2.33. The van der Waals surface area contributed by atoms with E-state index in [0.29, 0.717) is 39.4 Å². The summed E-state index contributed by atoms with van der Waals surface area (Å²) < 4.78 is 16.0. The minimum Gasteiger partial charge on any atom is -0.496 e. The van der Waals surface area contributed by atoms with Gasteiger partial charge in [-0.1, -0.05) is 0 Å². The molecule has 0 radical (unpaired) electrons. The van der Waals surface area contributed by atoms with Crippen LogP contribution in [-0.4, -0.2) is 25.2 Å². The van der Waals surface area contributed by atoms with E-state index in [4.69, 9.17) is 19.9 Å². The molecule has 0 unspecified atom stereocenters. The Morgan fingerprint density at radius 3 is 2.46 bits per heavy atom. The number of carbonyl (C=O) groups excluding carboxylic acids is 1. The maximum Gasteiger partial charge on any atom is 0.341 e. The number of esters is 1. The zero-order valence-electron chi connectivity index (χ0n) is 13.3. The molecule has 0 aliphatic heterocycles. The highest BCUT2D eigenvalue weighted by Gasteiger charge is 2.16. The Balaban J connectivity index is 2.11. The number of rotatable bonds is 4. The Hall–Kier alpha value is -3.28. The minimum absolute atomic E-state index is 0.308. The molecule has 1 heterocycles.